The lowest BCUT2D eigenvalue weighted by atomic mass is 10.0. The molecule has 1 atom stereocenters. The van der Waals surface area contributed by atoms with Crippen LogP contribution in [0.25, 0.3) is 0 Å². The maximum Gasteiger partial charge on any atom is 0.239 e. The number of nitrogens with zero attached hydrogens (tertiary/aromatic N) is 1. The zero-order chi connectivity index (χ0) is 17.1. The molecule has 0 radical (unpaired) electrons. The molecule has 2 aromatic rings. The van der Waals surface area contributed by atoms with Crippen LogP contribution in [0.3, 0.4) is 0 Å². The Morgan fingerprint density at radius 2 is 2.17 bits per heavy atom. The van der Waals surface area contributed by atoms with E-state index in [-0.39, 0.29) is 5.82 Å². The van der Waals surface area contributed by atoms with Crippen molar-refractivity contribution in [1.29, 1.82) is 0 Å². The minimum absolute atomic E-state index is 0.370. The third-order valence-electron chi connectivity index (χ3n) is 4.38. The molecule has 0 fully saturated rings. The van der Waals surface area contributed by atoms with E-state index in [9.17, 15) is 9.18 Å². The largest absolute Gasteiger partial charge is 0.493 e. The summed E-state index contributed by atoms with van der Waals surface area (Å²) in [5.41, 5.74) is 8.54. The van der Waals surface area contributed by atoms with Gasteiger partial charge in [0.15, 0.2) is 0 Å². The number of carbonyl (C=O) groups is 1. The molecule has 1 aliphatic rings. The molecule has 0 unspecified atom stereocenters. The topological polar surface area (TPSA) is 55.6 Å². The number of amides is 1. The number of hydrogen-bond donors (Lipinski definition) is 1. The van der Waals surface area contributed by atoms with Gasteiger partial charge in [-0.3, -0.25) is 9.69 Å². The first kappa shape index (κ1) is 16.5. The molecule has 0 aliphatic carbocycles. The highest BCUT2D eigenvalue weighted by Gasteiger charge is 2.23. The number of rotatable bonds is 6. The molecule has 2 aromatic carbocycles. The Labute approximate surface area is 141 Å². The summed E-state index contributed by atoms with van der Waals surface area (Å²) in [5, 5.41) is 0. The zero-order valence-corrected chi connectivity index (χ0v) is 13.7. The van der Waals surface area contributed by atoms with Gasteiger partial charge >= 0.3 is 0 Å². The van der Waals surface area contributed by atoms with Crippen molar-refractivity contribution in [2.75, 3.05) is 20.2 Å². The first-order valence-electron chi connectivity index (χ1n) is 8.04. The molecule has 0 saturated heterocycles. The van der Waals surface area contributed by atoms with E-state index in [2.05, 4.69) is 6.07 Å². The molecule has 5 heteroatoms. The zero-order valence-electron chi connectivity index (χ0n) is 13.7. The summed E-state index contributed by atoms with van der Waals surface area (Å²) in [7, 11) is 1.83. The summed E-state index contributed by atoms with van der Waals surface area (Å²) < 4.78 is 19.0. The van der Waals surface area contributed by atoms with Crippen molar-refractivity contribution >= 4 is 5.91 Å². The third-order valence-corrected chi connectivity index (χ3v) is 4.38. The third kappa shape index (κ3) is 3.57. The number of nitrogens with two attached hydrogens (primary N) is 1. The summed E-state index contributed by atoms with van der Waals surface area (Å²) >= 11 is 0. The van der Waals surface area contributed by atoms with E-state index < -0.39 is 11.9 Å². The molecule has 0 saturated carbocycles. The first-order valence-corrected chi connectivity index (χ1v) is 8.04. The molecule has 1 amide bonds. The van der Waals surface area contributed by atoms with Crippen LogP contribution in [0.4, 0.5) is 4.39 Å². The minimum Gasteiger partial charge on any atom is -0.493 e. The van der Waals surface area contributed by atoms with Gasteiger partial charge in [0.25, 0.3) is 0 Å². The van der Waals surface area contributed by atoms with Crippen molar-refractivity contribution in [1.82, 2.24) is 4.90 Å². The van der Waals surface area contributed by atoms with Crippen molar-refractivity contribution in [3.8, 4) is 5.75 Å². The number of ether oxygens (including phenoxy) is 1. The Morgan fingerprint density at radius 3 is 2.92 bits per heavy atom. The fourth-order valence-corrected chi connectivity index (χ4v) is 3.14. The number of carbonyl (C=O) groups excluding carboxylic acids is 1. The quantitative estimate of drug-likeness (QED) is 0.886. The maximum atomic E-state index is 13.4. The molecule has 24 heavy (non-hydrogen) atoms. The number of hydrogen-bond acceptors (Lipinski definition) is 3. The maximum absolute atomic E-state index is 13.4. The molecule has 1 heterocycles. The van der Waals surface area contributed by atoms with Crippen molar-refractivity contribution in [3.05, 3.63) is 65.0 Å². The second-order valence-electron chi connectivity index (χ2n) is 6.13. The second kappa shape index (κ2) is 7.01. The van der Waals surface area contributed by atoms with E-state index >= 15 is 0 Å². The van der Waals surface area contributed by atoms with Crippen LogP contribution < -0.4 is 10.5 Å². The lowest BCUT2D eigenvalue weighted by molar-refractivity contribution is -0.123. The van der Waals surface area contributed by atoms with Gasteiger partial charge in [0.05, 0.1) is 6.61 Å². The van der Waals surface area contributed by atoms with E-state index in [1.807, 2.05) is 24.1 Å². The number of primary amides is 1. The Hall–Kier alpha value is -2.40. The van der Waals surface area contributed by atoms with E-state index in [0.29, 0.717) is 12.1 Å². The normalized spacial score (nSPS) is 14.3. The number of fused-ring (bicyclic) bond motifs is 1. The molecule has 4 nitrogen and oxygen atoms in total. The van der Waals surface area contributed by atoms with Crippen LogP contribution in [-0.4, -0.2) is 31.0 Å². The average molecular weight is 328 g/mol. The van der Waals surface area contributed by atoms with Crippen LogP contribution in [0.1, 0.15) is 22.7 Å². The summed E-state index contributed by atoms with van der Waals surface area (Å²) in [6.07, 6.45) is 1.72. The SMILES string of the molecule is CN(CCc1ccc2c(c1)CCO2)[C@@H](C(N)=O)c1cccc(F)c1. The lowest BCUT2D eigenvalue weighted by Crippen LogP contribution is -2.36. The smallest absolute Gasteiger partial charge is 0.239 e. The lowest BCUT2D eigenvalue weighted by Gasteiger charge is -2.26. The standard InChI is InChI=1S/C19H21FN2O2/c1-22(18(19(21)23)15-3-2-4-16(20)12-15)9-7-13-5-6-17-14(11-13)8-10-24-17/h2-6,11-12,18H,7-10H2,1H3,(H2,21,23)/t18-/m1/s1. The van der Waals surface area contributed by atoms with Crippen LogP contribution in [0.2, 0.25) is 0 Å². The fraction of sp³-hybridized carbons (Fsp3) is 0.316. The van der Waals surface area contributed by atoms with Gasteiger partial charge < -0.3 is 10.5 Å². The molecule has 3 rings (SSSR count). The van der Waals surface area contributed by atoms with Crippen molar-refractivity contribution in [3.63, 3.8) is 0 Å². The van der Waals surface area contributed by atoms with Crippen LogP contribution in [-0.2, 0) is 17.6 Å². The van der Waals surface area contributed by atoms with Gasteiger partial charge in [-0.25, -0.2) is 4.39 Å². The van der Waals surface area contributed by atoms with Crippen LogP contribution in [0.5, 0.6) is 5.75 Å². The Morgan fingerprint density at radius 1 is 1.33 bits per heavy atom. The van der Waals surface area contributed by atoms with Crippen LogP contribution in [0, 0.1) is 5.82 Å². The number of benzene rings is 2. The average Bonchev–Trinajstić information content (AvgIpc) is 3.00. The van der Waals surface area contributed by atoms with E-state index in [4.69, 9.17) is 10.5 Å². The molecule has 1 aliphatic heterocycles. The fourth-order valence-electron chi connectivity index (χ4n) is 3.14. The monoisotopic (exact) mass is 328 g/mol. The minimum atomic E-state index is -0.640. The second-order valence-corrected chi connectivity index (χ2v) is 6.13. The molecule has 2 N–H and O–H groups in total. The van der Waals surface area contributed by atoms with Crippen molar-refractivity contribution in [2.45, 2.75) is 18.9 Å². The molecule has 126 valence electrons. The first-order chi connectivity index (χ1) is 11.5. The highest BCUT2D eigenvalue weighted by atomic mass is 19.1. The molecular weight excluding hydrogens is 307 g/mol. The van der Waals surface area contributed by atoms with Gasteiger partial charge in [-0.2, -0.15) is 0 Å². The van der Waals surface area contributed by atoms with E-state index in [1.165, 1.54) is 23.3 Å². The van der Waals surface area contributed by atoms with Crippen LogP contribution in [0.15, 0.2) is 42.5 Å². The molecule has 0 bridgehead atoms. The molecular formula is C19H21FN2O2. The summed E-state index contributed by atoms with van der Waals surface area (Å²) in [6, 6.07) is 11.6. The Kier molecular flexibility index (Phi) is 4.81. The van der Waals surface area contributed by atoms with Crippen molar-refractivity contribution < 1.29 is 13.9 Å². The van der Waals surface area contributed by atoms with Crippen molar-refractivity contribution in [2.24, 2.45) is 5.73 Å². The summed E-state index contributed by atoms with van der Waals surface area (Å²) in [5.74, 6) is 0.109. The van der Waals surface area contributed by atoms with Gasteiger partial charge in [0.2, 0.25) is 5.91 Å². The van der Waals surface area contributed by atoms with Gasteiger partial charge in [-0.1, -0.05) is 24.3 Å². The van der Waals surface area contributed by atoms with E-state index in [0.717, 1.165) is 25.2 Å². The van der Waals surface area contributed by atoms with Gasteiger partial charge in [0, 0.05) is 13.0 Å². The Balaban J connectivity index is 1.70. The Bertz CT molecular complexity index is 748. The summed E-state index contributed by atoms with van der Waals surface area (Å²) in [6.45, 7) is 1.38. The van der Waals surface area contributed by atoms with Gasteiger partial charge in [-0.05, 0) is 48.4 Å². The van der Waals surface area contributed by atoms with Gasteiger partial charge in [0.1, 0.15) is 17.6 Å². The van der Waals surface area contributed by atoms with E-state index in [1.54, 1.807) is 12.1 Å². The predicted octanol–water partition coefficient (Wildman–Crippen LogP) is 2.46. The van der Waals surface area contributed by atoms with Crippen LogP contribution >= 0.6 is 0 Å². The predicted molar refractivity (Wildman–Crippen MR) is 90.3 cm³/mol. The highest BCUT2D eigenvalue weighted by Crippen LogP contribution is 2.26. The molecule has 0 aromatic heterocycles. The highest BCUT2D eigenvalue weighted by molar-refractivity contribution is 5.81. The molecule has 0 spiro atoms. The number of halogens is 1. The summed E-state index contributed by atoms with van der Waals surface area (Å²) in [4.78, 5) is 13.7. The van der Waals surface area contributed by atoms with Gasteiger partial charge in [-0.15, -0.1) is 0 Å². The number of likely N-dealkylation sites (N-methyl/N-ethyl adjacent to an activating group) is 1.